The maximum absolute atomic E-state index is 12.7. The van der Waals surface area contributed by atoms with Crippen LogP contribution in [-0.2, 0) is 15.1 Å². The zero-order valence-electron chi connectivity index (χ0n) is 12.0. The summed E-state index contributed by atoms with van der Waals surface area (Å²) in [5.41, 5.74) is -0.785. The van der Waals surface area contributed by atoms with Crippen molar-refractivity contribution in [3.8, 4) is 0 Å². The predicted octanol–water partition coefficient (Wildman–Crippen LogP) is 2.02. The van der Waals surface area contributed by atoms with Crippen molar-refractivity contribution in [2.75, 3.05) is 19.5 Å². The molecule has 21 heavy (non-hydrogen) atoms. The summed E-state index contributed by atoms with van der Waals surface area (Å²) in [6.45, 7) is 4.05. The second-order valence-corrected chi connectivity index (χ2v) is 6.94. The van der Waals surface area contributed by atoms with Gasteiger partial charge in [0, 0.05) is 7.11 Å². The van der Waals surface area contributed by atoms with Gasteiger partial charge in [0.15, 0.2) is 5.16 Å². The van der Waals surface area contributed by atoms with E-state index in [1.54, 1.807) is 18.6 Å². The Balaban J connectivity index is 2.62. The summed E-state index contributed by atoms with van der Waals surface area (Å²) >= 11 is 2.41. The molecule has 8 heteroatoms. The van der Waals surface area contributed by atoms with E-state index in [-0.39, 0.29) is 11.3 Å². The van der Waals surface area contributed by atoms with Gasteiger partial charge in [-0.05, 0) is 25.3 Å². The van der Waals surface area contributed by atoms with Crippen LogP contribution < -0.4 is 5.56 Å². The second kappa shape index (κ2) is 6.17. The summed E-state index contributed by atoms with van der Waals surface area (Å²) in [6, 6.07) is 1.74. The van der Waals surface area contributed by atoms with Crippen molar-refractivity contribution in [1.29, 1.82) is 0 Å². The number of aliphatic carboxylic acids is 1. The number of thiophene rings is 1. The number of fused-ring (bicyclic) bond motifs is 1. The molecule has 2 aromatic rings. The Labute approximate surface area is 129 Å². The summed E-state index contributed by atoms with van der Waals surface area (Å²) in [5.74, 6) is -1.09. The first-order valence-corrected chi connectivity index (χ1v) is 8.07. The Kier molecular flexibility index (Phi) is 4.70. The second-order valence-electron chi connectivity index (χ2n) is 5.10. The molecule has 114 valence electrons. The van der Waals surface area contributed by atoms with Gasteiger partial charge in [-0.15, -0.1) is 11.3 Å². The first kappa shape index (κ1) is 16.0. The van der Waals surface area contributed by atoms with Crippen molar-refractivity contribution in [3.63, 3.8) is 0 Å². The van der Waals surface area contributed by atoms with E-state index in [4.69, 9.17) is 9.84 Å². The quantitative estimate of drug-likeness (QED) is 0.645. The molecule has 0 aliphatic heterocycles. The number of carboxylic acids is 1. The number of methoxy groups -OCH3 is 1. The molecule has 1 N–H and O–H groups in total. The molecule has 0 saturated heterocycles. The van der Waals surface area contributed by atoms with Crippen LogP contribution in [0.25, 0.3) is 10.2 Å². The van der Waals surface area contributed by atoms with E-state index in [1.165, 1.54) is 15.9 Å². The van der Waals surface area contributed by atoms with Gasteiger partial charge >= 0.3 is 5.97 Å². The van der Waals surface area contributed by atoms with E-state index in [0.717, 1.165) is 11.8 Å². The molecule has 0 saturated carbocycles. The van der Waals surface area contributed by atoms with Crippen LogP contribution in [0, 0.1) is 0 Å². The topological polar surface area (TPSA) is 81.4 Å². The molecule has 0 bridgehead atoms. The predicted molar refractivity (Wildman–Crippen MR) is 83.4 cm³/mol. The smallest absolute Gasteiger partial charge is 0.313 e. The van der Waals surface area contributed by atoms with Gasteiger partial charge in [0.2, 0.25) is 0 Å². The third-order valence-corrected chi connectivity index (χ3v) is 4.62. The zero-order chi connectivity index (χ0) is 15.6. The normalized spacial score (nSPS) is 12.0. The Morgan fingerprint density at radius 3 is 2.90 bits per heavy atom. The Morgan fingerprint density at radius 1 is 1.57 bits per heavy atom. The number of ether oxygens (including phenoxy) is 1. The van der Waals surface area contributed by atoms with Gasteiger partial charge in [-0.2, -0.15) is 0 Å². The van der Waals surface area contributed by atoms with E-state index < -0.39 is 11.5 Å². The summed E-state index contributed by atoms with van der Waals surface area (Å²) in [5, 5.41) is 11.6. The van der Waals surface area contributed by atoms with Gasteiger partial charge in [-0.3, -0.25) is 14.2 Å². The van der Waals surface area contributed by atoms with Crippen molar-refractivity contribution in [3.05, 3.63) is 21.8 Å². The molecule has 0 spiro atoms. The van der Waals surface area contributed by atoms with Gasteiger partial charge in [0.1, 0.15) is 4.83 Å². The highest BCUT2D eigenvalue weighted by Crippen LogP contribution is 2.26. The fourth-order valence-electron chi connectivity index (χ4n) is 2.07. The van der Waals surface area contributed by atoms with Gasteiger partial charge < -0.3 is 9.84 Å². The molecular formula is C13H16N2O4S2. The molecule has 0 aliphatic rings. The van der Waals surface area contributed by atoms with Crippen LogP contribution in [0.5, 0.6) is 0 Å². The fraction of sp³-hybridized carbons (Fsp3) is 0.462. The lowest BCUT2D eigenvalue weighted by Crippen LogP contribution is -2.41. The maximum atomic E-state index is 12.7. The highest BCUT2D eigenvalue weighted by Gasteiger charge is 2.27. The summed E-state index contributed by atoms with van der Waals surface area (Å²) in [6.07, 6.45) is 0. The first-order valence-electron chi connectivity index (χ1n) is 6.21. The molecule has 0 atom stereocenters. The van der Waals surface area contributed by atoms with Gasteiger partial charge in [0.25, 0.3) is 5.56 Å². The largest absolute Gasteiger partial charge is 0.481 e. The zero-order valence-corrected chi connectivity index (χ0v) is 13.6. The Bertz CT molecular complexity index is 721. The lowest BCUT2D eigenvalue weighted by molar-refractivity contribution is -0.133. The molecule has 2 rings (SSSR count). The molecule has 0 aromatic carbocycles. The van der Waals surface area contributed by atoms with Crippen LogP contribution in [0.1, 0.15) is 13.8 Å². The maximum Gasteiger partial charge on any atom is 0.313 e. The number of hydrogen-bond donors (Lipinski definition) is 1. The number of thioether (sulfide) groups is 1. The minimum absolute atomic E-state index is 0.146. The van der Waals surface area contributed by atoms with Crippen LogP contribution in [0.15, 0.2) is 21.4 Å². The van der Waals surface area contributed by atoms with E-state index in [2.05, 4.69) is 4.98 Å². The average molecular weight is 328 g/mol. The van der Waals surface area contributed by atoms with E-state index >= 15 is 0 Å². The monoisotopic (exact) mass is 328 g/mol. The number of nitrogens with zero attached hydrogens (tertiary/aromatic N) is 2. The van der Waals surface area contributed by atoms with Crippen molar-refractivity contribution in [2.45, 2.75) is 24.5 Å². The SMILES string of the molecule is COCC(C)(C)n1c(SCC(=O)O)nc2sccc2c1=O. The van der Waals surface area contributed by atoms with Crippen LogP contribution in [0.2, 0.25) is 0 Å². The first-order chi connectivity index (χ1) is 9.86. The third-order valence-electron chi connectivity index (χ3n) is 2.89. The molecular weight excluding hydrogens is 312 g/mol. The molecule has 2 aromatic heterocycles. The highest BCUT2D eigenvalue weighted by atomic mass is 32.2. The van der Waals surface area contributed by atoms with Crippen LogP contribution in [0.3, 0.4) is 0 Å². The van der Waals surface area contributed by atoms with E-state index in [9.17, 15) is 9.59 Å². The standard InChI is InChI=1S/C13H16N2O4S2/c1-13(2,7-19-3)15-11(18)8-4-5-20-10(8)14-12(15)21-6-9(16)17/h4-5H,6-7H2,1-3H3,(H,16,17). The van der Waals surface area contributed by atoms with Crippen LogP contribution >= 0.6 is 23.1 Å². The van der Waals surface area contributed by atoms with Crippen molar-refractivity contribution in [2.24, 2.45) is 0 Å². The number of carbonyl (C=O) groups is 1. The lowest BCUT2D eigenvalue weighted by Gasteiger charge is -2.28. The summed E-state index contributed by atoms with van der Waals surface area (Å²) in [4.78, 5) is 28.6. The summed E-state index contributed by atoms with van der Waals surface area (Å²) < 4.78 is 6.71. The van der Waals surface area contributed by atoms with Crippen LogP contribution in [0.4, 0.5) is 0 Å². The molecule has 0 amide bonds. The van der Waals surface area contributed by atoms with Gasteiger partial charge in [-0.1, -0.05) is 11.8 Å². The van der Waals surface area contributed by atoms with E-state index in [1.807, 2.05) is 13.8 Å². The van der Waals surface area contributed by atoms with Gasteiger partial charge in [0.05, 0.1) is 23.3 Å². The lowest BCUT2D eigenvalue weighted by atomic mass is 10.1. The van der Waals surface area contributed by atoms with Gasteiger partial charge in [-0.25, -0.2) is 4.98 Å². The number of rotatable bonds is 6. The molecule has 6 nitrogen and oxygen atoms in total. The van der Waals surface area contributed by atoms with Crippen LogP contribution in [-0.4, -0.2) is 40.1 Å². The van der Waals surface area contributed by atoms with Crippen molar-refractivity contribution < 1.29 is 14.6 Å². The average Bonchev–Trinajstić information content (AvgIpc) is 2.84. The minimum Gasteiger partial charge on any atom is -0.481 e. The Hall–Kier alpha value is -1.38. The number of carboxylic acid groups (broad SMARTS) is 1. The number of hydrogen-bond acceptors (Lipinski definition) is 6. The van der Waals surface area contributed by atoms with E-state index in [0.29, 0.717) is 22.0 Å². The molecule has 2 heterocycles. The Morgan fingerprint density at radius 2 is 2.29 bits per heavy atom. The fourth-order valence-corrected chi connectivity index (χ4v) is 3.75. The third kappa shape index (κ3) is 3.28. The molecule has 0 unspecified atom stereocenters. The van der Waals surface area contributed by atoms with Crippen molar-refractivity contribution in [1.82, 2.24) is 9.55 Å². The van der Waals surface area contributed by atoms with Crippen molar-refractivity contribution >= 4 is 39.3 Å². The number of aromatic nitrogens is 2. The molecule has 0 radical (unpaired) electrons. The highest BCUT2D eigenvalue weighted by molar-refractivity contribution is 7.99. The minimum atomic E-state index is -0.948. The molecule has 0 aliphatic carbocycles. The molecule has 0 fully saturated rings. The summed E-state index contributed by atoms with van der Waals surface area (Å²) in [7, 11) is 1.56.